The third-order valence-corrected chi connectivity index (χ3v) is 3.57. The molecule has 0 aliphatic heterocycles. The van der Waals surface area contributed by atoms with Crippen molar-refractivity contribution in [3.8, 4) is 5.75 Å². The summed E-state index contributed by atoms with van der Waals surface area (Å²) in [6.45, 7) is 0.174. The van der Waals surface area contributed by atoms with Gasteiger partial charge in [-0.25, -0.2) is 0 Å². The molecule has 0 heterocycles. The molecule has 0 radical (unpaired) electrons. The molecule has 3 N–H and O–H groups in total. The molecule has 0 saturated heterocycles. The smallest absolute Gasteiger partial charge is 0.118 e. The first-order valence-electron chi connectivity index (χ1n) is 7.26. The number of rotatable bonds is 10. The van der Waals surface area contributed by atoms with Crippen molar-refractivity contribution in [3.05, 3.63) is 29.8 Å². The molecule has 0 bridgehead atoms. The van der Waals surface area contributed by atoms with Crippen molar-refractivity contribution in [3.63, 3.8) is 0 Å². The maximum atomic E-state index is 9.62. The average molecular weight is 266 g/mol. The summed E-state index contributed by atoms with van der Waals surface area (Å²) < 4.78 is 0. The minimum absolute atomic E-state index is 0.0567. The highest BCUT2D eigenvalue weighted by Gasteiger charge is 2.04. The van der Waals surface area contributed by atoms with Gasteiger partial charge in [-0.2, -0.15) is 0 Å². The second kappa shape index (κ2) is 9.82. The number of aromatic hydroxyl groups is 1. The molecular formula is C16H26O3. The van der Waals surface area contributed by atoms with Crippen LogP contribution in [-0.2, 0) is 6.42 Å². The summed E-state index contributed by atoms with van der Waals surface area (Å²) in [6, 6.07) is 7.51. The van der Waals surface area contributed by atoms with Gasteiger partial charge in [-0.15, -0.1) is 0 Å². The maximum Gasteiger partial charge on any atom is 0.118 e. The quantitative estimate of drug-likeness (QED) is 0.571. The van der Waals surface area contributed by atoms with Gasteiger partial charge in [0.1, 0.15) is 5.75 Å². The highest BCUT2D eigenvalue weighted by molar-refractivity contribution is 5.31. The van der Waals surface area contributed by atoms with Crippen LogP contribution in [0.3, 0.4) is 0 Å². The van der Waals surface area contributed by atoms with Crippen molar-refractivity contribution in [1.82, 2.24) is 0 Å². The molecule has 0 atom stereocenters. The molecule has 0 unspecified atom stereocenters. The van der Waals surface area contributed by atoms with Gasteiger partial charge in [0.2, 0.25) is 0 Å². The van der Waals surface area contributed by atoms with E-state index in [-0.39, 0.29) is 19.1 Å². The predicted octanol–water partition coefficient (Wildman–Crippen LogP) is 2.88. The van der Waals surface area contributed by atoms with Gasteiger partial charge < -0.3 is 15.3 Å². The van der Waals surface area contributed by atoms with E-state index < -0.39 is 0 Å². The molecule has 0 fully saturated rings. The van der Waals surface area contributed by atoms with Gasteiger partial charge in [0.25, 0.3) is 0 Å². The lowest BCUT2D eigenvalue weighted by atomic mass is 10.0. The summed E-state index contributed by atoms with van der Waals surface area (Å²) in [5, 5.41) is 27.5. The van der Waals surface area contributed by atoms with E-state index in [9.17, 15) is 5.11 Å². The lowest BCUT2D eigenvalue weighted by molar-refractivity contribution is 0.141. The Balaban J connectivity index is 2.01. The fraction of sp³-hybridized carbons (Fsp3) is 0.625. The molecular weight excluding hydrogens is 240 g/mol. The third kappa shape index (κ3) is 6.60. The number of unbranched alkanes of at least 4 members (excludes halogenated alkanes) is 4. The summed E-state index contributed by atoms with van der Waals surface area (Å²) >= 11 is 0. The zero-order valence-electron chi connectivity index (χ0n) is 11.6. The molecule has 1 rings (SSSR count). The Kier molecular flexibility index (Phi) is 8.26. The molecule has 3 heteroatoms. The van der Waals surface area contributed by atoms with Crippen molar-refractivity contribution < 1.29 is 15.3 Å². The molecule has 0 aliphatic rings. The van der Waals surface area contributed by atoms with Gasteiger partial charge in [-0.05, 0) is 30.9 Å². The number of para-hydroxylation sites is 1. The van der Waals surface area contributed by atoms with Crippen LogP contribution in [0.25, 0.3) is 0 Å². The monoisotopic (exact) mass is 266 g/mol. The summed E-state index contributed by atoms with van der Waals surface area (Å²) in [7, 11) is 0. The molecule has 19 heavy (non-hydrogen) atoms. The normalized spacial score (nSPS) is 11.1. The first-order chi connectivity index (χ1) is 9.27. The van der Waals surface area contributed by atoms with Crippen molar-refractivity contribution in [1.29, 1.82) is 0 Å². The first-order valence-corrected chi connectivity index (χ1v) is 7.26. The van der Waals surface area contributed by atoms with E-state index in [1.165, 1.54) is 6.42 Å². The van der Waals surface area contributed by atoms with Crippen molar-refractivity contribution in [2.75, 3.05) is 13.2 Å². The molecule has 1 aromatic carbocycles. The minimum atomic E-state index is 0.0567. The third-order valence-electron chi connectivity index (χ3n) is 3.57. The standard InChI is InChI=1S/C16H26O3/c17-12-14(13-18)8-4-2-1-3-5-9-15-10-6-7-11-16(15)19/h6-7,10-11,14,17-19H,1-5,8-9,12-13H2. The Morgan fingerprint density at radius 3 is 2.16 bits per heavy atom. The van der Waals surface area contributed by atoms with Crippen LogP contribution in [0.1, 0.15) is 44.1 Å². The highest BCUT2D eigenvalue weighted by atomic mass is 16.3. The summed E-state index contributed by atoms with van der Waals surface area (Å²) in [6.07, 6.45) is 7.50. The number of aliphatic hydroxyl groups is 2. The van der Waals surface area contributed by atoms with Gasteiger partial charge >= 0.3 is 0 Å². The summed E-state index contributed by atoms with van der Waals surface area (Å²) in [5.74, 6) is 0.456. The molecule has 108 valence electrons. The van der Waals surface area contributed by atoms with Crippen molar-refractivity contribution in [2.45, 2.75) is 44.9 Å². The van der Waals surface area contributed by atoms with Crippen LogP contribution in [0.2, 0.25) is 0 Å². The SMILES string of the molecule is OCC(CO)CCCCCCCc1ccccc1O. The number of aryl methyl sites for hydroxylation is 1. The molecule has 3 nitrogen and oxygen atoms in total. The van der Waals surface area contributed by atoms with E-state index in [1.807, 2.05) is 18.2 Å². The second-order valence-electron chi connectivity index (χ2n) is 5.17. The van der Waals surface area contributed by atoms with E-state index in [4.69, 9.17) is 10.2 Å². The molecule has 0 spiro atoms. The number of phenolic OH excluding ortho intramolecular Hbond substituents is 1. The number of aliphatic hydroxyl groups excluding tert-OH is 2. The largest absolute Gasteiger partial charge is 0.508 e. The topological polar surface area (TPSA) is 60.7 Å². The van der Waals surface area contributed by atoms with Crippen LogP contribution in [0.5, 0.6) is 5.75 Å². The van der Waals surface area contributed by atoms with Gasteiger partial charge in [0.15, 0.2) is 0 Å². The van der Waals surface area contributed by atoms with E-state index in [0.717, 1.165) is 44.1 Å². The van der Waals surface area contributed by atoms with Gasteiger partial charge in [0.05, 0.1) is 0 Å². The molecule has 0 aliphatic carbocycles. The van der Waals surface area contributed by atoms with Crippen LogP contribution >= 0.6 is 0 Å². The zero-order chi connectivity index (χ0) is 13.9. The van der Waals surface area contributed by atoms with Crippen molar-refractivity contribution >= 4 is 0 Å². The van der Waals surface area contributed by atoms with Crippen LogP contribution in [0, 0.1) is 5.92 Å². The first kappa shape index (κ1) is 16.0. The van der Waals surface area contributed by atoms with E-state index in [1.54, 1.807) is 6.07 Å². The Morgan fingerprint density at radius 1 is 0.842 bits per heavy atom. The molecule has 0 amide bonds. The van der Waals surface area contributed by atoms with E-state index in [0.29, 0.717) is 5.75 Å². The van der Waals surface area contributed by atoms with Crippen molar-refractivity contribution in [2.24, 2.45) is 5.92 Å². The Labute approximate surface area is 115 Å². The fourth-order valence-electron chi connectivity index (χ4n) is 2.24. The molecule has 1 aromatic rings. The number of benzene rings is 1. The fourth-order valence-corrected chi connectivity index (χ4v) is 2.24. The average Bonchev–Trinajstić information content (AvgIpc) is 2.44. The minimum Gasteiger partial charge on any atom is -0.508 e. The number of phenols is 1. The molecule has 0 saturated carbocycles. The van der Waals surface area contributed by atoms with Gasteiger partial charge in [-0.3, -0.25) is 0 Å². The van der Waals surface area contributed by atoms with E-state index >= 15 is 0 Å². The Bertz CT molecular complexity index is 335. The van der Waals surface area contributed by atoms with Crippen LogP contribution in [0.4, 0.5) is 0 Å². The predicted molar refractivity (Wildman–Crippen MR) is 77.2 cm³/mol. The Morgan fingerprint density at radius 2 is 1.47 bits per heavy atom. The van der Waals surface area contributed by atoms with Crippen LogP contribution in [0.15, 0.2) is 24.3 Å². The van der Waals surface area contributed by atoms with Gasteiger partial charge in [0, 0.05) is 19.1 Å². The lowest BCUT2D eigenvalue weighted by Gasteiger charge is -2.09. The molecule has 0 aromatic heterocycles. The van der Waals surface area contributed by atoms with Crippen LogP contribution < -0.4 is 0 Å². The van der Waals surface area contributed by atoms with Crippen LogP contribution in [-0.4, -0.2) is 28.5 Å². The highest BCUT2D eigenvalue weighted by Crippen LogP contribution is 2.19. The summed E-state index contributed by atoms with van der Waals surface area (Å²) in [5.41, 5.74) is 1.03. The Hall–Kier alpha value is -1.06. The zero-order valence-corrected chi connectivity index (χ0v) is 11.6. The summed E-state index contributed by atoms with van der Waals surface area (Å²) in [4.78, 5) is 0. The van der Waals surface area contributed by atoms with Gasteiger partial charge in [-0.1, -0.05) is 43.9 Å². The number of hydrogen-bond donors (Lipinski definition) is 3. The maximum absolute atomic E-state index is 9.62. The lowest BCUT2D eigenvalue weighted by Crippen LogP contribution is -2.10. The van der Waals surface area contributed by atoms with E-state index in [2.05, 4.69) is 0 Å². The second-order valence-corrected chi connectivity index (χ2v) is 5.17. The number of hydrogen-bond acceptors (Lipinski definition) is 3.